The molecule has 0 unspecified atom stereocenters. The largest absolute Gasteiger partial charge is 0.486 e. The molecule has 0 fully saturated rings. The molecule has 1 aliphatic heterocycles. The van der Waals surface area contributed by atoms with Gasteiger partial charge < -0.3 is 14.8 Å². The minimum atomic E-state index is -4.47. The fourth-order valence-electron chi connectivity index (χ4n) is 1.83. The first kappa shape index (κ1) is 14.5. The predicted molar refractivity (Wildman–Crippen MR) is 64.8 cm³/mol. The zero-order valence-electron chi connectivity index (χ0n) is 10.6. The summed E-state index contributed by atoms with van der Waals surface area (Å²) in [6.07, 6.45) is -5.49. The predicted octanol–water partition coefficient (Wildman–Crippen LogP) is 2.07. The maximum absolute atomic E-state index is 12.0. The Kier molecular flexibility index (Phi) is 4.36. The van der Waals surface area contributed by atoms with Crippen molar-refractivity contribution in [3.05, 3.63) is 23.8 Å². The fraction of sp³-hybridized carbons (Fsp3) is 0.462. The highest BCUT2D eigenvalue weighted by atomic mass is 19.4. The molecule has 1 N–H and O–H groups in total. The second kappa shape index (κ2) is 6.02. The SMILES string of the molecule is O=C(CC(F)(F)F)NCCc1ccc2c(c1)OCCO2. The molecule has 4 nitrogen and oxygen atoms in total. The van der Waals surface area contributed by atoms with Crippen molar-refractivity contribution in [2.45, 2.75) is 19.0 Å². The summed E-state index contributed by atoms with van der Waals surface area (Å²) in [5.74, 6) is 0.256. The van der Waals surface area contributed by atoms with E-state index in [1.807, 2.05) is 0 Å². The van der Waals surface area contributed by atoms with Gasteiger partial charge in [-0.25, -0.2) is 0 Å². The number of benzene rings is 1. The second-order valence-electron chi connectivity index (χ2n) is 4.37. The first-order valence-electron chi connectivity index (χ1n) is 6.16. The zero-order chi connectivity index (χ0) is 14.6. The normalized spacial score (nSPS) is 13.9. The maximum atomic E-state index is 12.0. The Morgan fingerprint density at radius 2 is 1.90 bits per heavy atom. The van der Waals surface area contributed by atoms with Crippen LogP contribution >= 0.6 is 0 Å². The van der Waals surface area contributed by atoms with E-state index < -0.39 is 18.5 Å². The highest BCUT2D eigenvalue weighted by molar-refractivity contribution is 5.76. The number of ether oxygens (including phenoxy) is 2. The highest BCUT2D eigenvalue weighted by Gasteiger charge is 2.30. The van der Waals surface area contributed by atoms with Gasteiger partial charge in [-0.1, -0.05) is 6.07 Å². The molecule has 0 saturated carbocycles. The number of rotatable bonds is 4. The molecule has 7 heteroatoms. The molecular formula is C13H14F3NO3. The molecule has 0 saturated heterocycles. The molecule has 0 atom stereocenters. The molecule has 2 rings (SSSR count). The summed E-state index contributed by atoms with van der Waals surface area (Å²) in [4.78, 5) is 11.0. The standard InChI is InChI=1S/C13H14F3NO3/c14-13(15,16)8-12(18)17-4-3-9-1-2-10-11(7-9)20-6-5-19-10/h1-2,7H,3-6,8H2,(H,17,18). The quantitative estimate of drug-likeness (QED) is 0.923. The van der Waals surface area contributed by atoms with Gasteiger partial charge in [-0.2, -0.15) is 13.2 Å². The third-order valence-electron chi connectivity index (χ3n) is 2.70. The van der Waals surface area contributed by atoms with Crippen LogP contribution in [-0.2, 0) is 11.2 Å². The lowest BCUT2D eigenvalue weighted by Gasteiger charge is -2.18. The number of fused-ring (bicyclic) bond motifs is 1. The van der Waals surface area contributed by atoms with Crippen LogP contribution in [-0.4, -0.2) is 31.8 Å². The average Bonchev–Trinajstić information content (AvgIpc) is 2.36. The number of nitrogens with one attached hydrogen (secondary N) is 1. The van der Waals surface area contributed by atoms with Crippen molar-refractivity contribution in [2.24, 2.45) is 0 Å². The van der Waals surface area contributed by atoms with Crippen LogP contribution in [0.5, 0.6) is 11.5 Å². The first-order valence-corrected chi connectivity index (χ1v) is 6.16. The maximum Gasteiger partial charge on any atom is 0.397 e. The van der Waals surface area contributed by atoms with Crippen LogP contribution in [0, 0.1) is 0 Å². The van der Waals surface area contributed by atoms with Crippen LogP contribution in [0.1, 0.15) is 12.0 Å². The molecule has 1 amide bonds. The Morgan fingerprint density at radius 1 is 1.20 bits per heavy atom. The minimum absolute atomic E-state index is 0.147. The van der Waals surface area contributed by atoms with E-state index in [0.717, 1.165) is 5.56 Å². The lowest BCUT2D eigenvalue weighted by atomic mass is 10.1. The van der Waals surface area contributed by atoms with Crippen LogP contribution < -0.4 is 14.8 Å². The third kappa shape index (κ3) is 4.32. The average molecular weight is 289 g/mol. The summed E-state index contributed by atoms with van der Waals surface area (Å²) in [5.41, 5.74) is 0.863. The smallest absolute Gasteiger partial charge is 0.397 e. The molecule has 20 heavy (non-hydrogen) atoms. The monoisotopic (exact) mass is 289 g/mol. The van der Waals surface area contributed by atoms with E-state index in [2.05, 4.69) is 5.32 Å². The summed E-state index contributed by atoms with van der Waals surface area (Å²) in [6.45, 7) is 1.12. The Hall–Kier alpha value is -1.92. The van der Waals surface area contributed by atoms with Gasteiger partial charge in [0.1, 0.15) is 19.6 Å². The van der Waals surface area contributed by atoms with Crippen molar-refractivity contribution in [1.29, 1.82) is 0 Å². The van der Waals surface area contributed by atoms with Gasteiger partial charge in [-0.3, -0.25) is 4.79 Å². The number of halogens is 3. The molecule has 0 radical (unpaired) electrons. The van der Waals surface area contributed by atoms with E-state index in [1.54, 1.807) is 18.2 Å². The molecule has 0 aliphatic carbocycles. The van der Waals surface area contributed by atoms with E-state index in [9.17, 15) is 18.0 Å². The molecule has 0 bridgehead atoms. The third-order valence-corrected chi connectivity index (χ3v) is 2.70. The second-order valence-corrected chi connectivity index (χ2v) is 4.37. The number of hydrogen-bond acceptors (Lipinski definition) is 3. The molecule has 1 heterocycles. The molecule has 1 aliphatic rings. The summed E-state index contributed by atoms with van der Waals surface area (Å²) in [7, 11) is 0. The van der Waals surface area contributed by atoms with E-state index in [1.165, 1.54) is 0 Å². The van der Waals surface area contributed by atoms with Crippen molar-refractivity contribution >= 4 is 5.91 Å². The van der Waals surface area contributed by atoms with Crippen molar-refractivity contribution in [3.63, 3.8) is 0 Å². The Labute approximate surface area is 113 Å². The first-order chi connectivity index (χ1) is 9.44. The van der Waals surface area contributed by atoms with Gasteiger partial charge in [0.25, 0.3) is 0 Å². The van der Waals surface area contributed by atoms with Gasteiger partial charge in [0.15, 0.2) is 11.5 Å². The van der Waals surface area contributed by atoms with Crippen molar-refractivity contribution in [1.82, 2.24) is 5.32 Å². The van der Waals surface area contributed by atoms with Crippen molar-refractivity contribution in [3.8, 4) is 11.5 Å². The summed E-state index contributed by atoms with van der Waals surface area (Å²) >= 11 is 0. The Bertz CT molecular complexity index is 488. The van der Waals surface area contributed by atoms with Crippen LogP contribution in [0.25, 0.3) is 0 Å². The highest BCUT2D eigenvalue weighted by Crippen LogP contribution is 2.30. The summed E-state index contributed by atoms with van der Waals surface area (Å²) in [5, 5.41) is 2.24. The van der Waals surface area contributed by atoms with Gasteiger partial charge in [-0.05, 0) is 24.1 Å². The summed E-state index contributed by atoms with van der Waals surface area (Å²) < 4.78 is 46.6. The van der Waals surface area contributed by atoms with Crippen LogP contribution in [0.15, 0.2) is 18.2 Å². The van der Waals surface area contributed by atoms with Gasteiger partial charge in [0.2, 0.25) is 5.91 Å². The Morgan fingerprint density at radius 3 is 2.60 bits per heavy atom. The van der Waals surface area contributed by atoms with Gasteiger partial charge in [-0.15, -0.1) is 0 Å². The molecule has 0 aromatic heterocycles. The van der Waals surface area contributed by atoms with Gasteiger partial charge >= 0.3 is 6.18 Å². The lowest BCUT2D eigenvalue weighted by molar-refractivity contribution is -0.153. The van der Waals surface area contributed by atoms with Gasteiger partial charge in [0.05, 0.1) is 0 Å². The van der Waals surface area contributed by atoms with Crippen LogP contribution in [0.3, 0.4) is 0 Å². The van der Waals surface area contributed by atoms with Gasteiger partial charge in [0, 0.05) is 6.54 Å². The fourth-order valence-corrected chi connectivity index (χ4v) is 1.83. The zero-order valence-corrected chi connectivity index (χ0v) is 10.6. The Balaban J connectivity index is 1.81. The number of hydrogen-bond donors (Lipinski definition) is 1. The van der Waals surface area contributed by atoms with Crippen molar-refractivity contribution in [2.75, 3.05) is 19.8 Å². The van der Waals surface area contributed by atoms with Crippen molar-refractivity contribution < 1.29 is 27.4 Å². The number of amides is 1. The van der Waals surface area contributed by atoms with E-state index in [-0.39, 0.29) is 6.54 Å². The summed E-state index contributed by atoms with van der Waals surface area (Å²) in [6, 6.07) is 5.31. The van der Waals surface area contributed by atoms with E-state index in [0.29, 0.717) is 31.1 Å². The molecular weight excluding hydrogens is 275 g/mol. The molecule has 0 spiro atoms. The number of carbonyl (C=O) groups excluding carboxylic acids is 1. The number of alkyl halides is 3. The molecule has 1 aromatic carbocycles. The number of carbonyl (C=O) groups is 1. The lowest BCUT2D eigenvalue weighted by Crippen LogP contribution is -2.30. The topological polar surface area (TPSA) is 47.6 Å². The molecule has 1 aromatic rings. The van der Waals surface area contributed by atoms with E-state index in [4.69, 9.17) is 9.47 Å². The van der Waals surface area contributed by atoms with E-state index >= 15 is 0 Å². The minimum Gasteiger partial charge on any atom is -0.486 e. The van der Waals surface area contributed by atoms with Crippen LogP contribution in [0.4, 0.5) is 13.2 Å². The van der Waals surface area contributed by atoms with Crippen LogP contribution in [0.2, 0.25) is 0 Å². The molecule has 110 valence electrons.